The Morgan fingerprint density at radius 2 is 0.731 bits per heavy atom. The molecular weight excluding hydrogens is 674 g/mol. The zero-order chi connectivity index (χ0) is 37.0. The fourth-order valence-electron chi connectivity index (χ4n) is 4.78. The standard InChI is InChI=1S/C39H63NO12/c1-2-3-4-5-6-7-8-9-36-10-14-38(15-11-36)51-34-32-49-30-28-47-26-24-45-22-20-43-18-19-44-21-23-46-25-27-48-29-31-50-33-35-52-39-16-12-37(13-17-39)40(41)42/h10-17H,2-9,18-35H2,1H3. The first kappa shape index (κ1) is 45.3. The van der Waals surface area contributed by atoms with Gasteiger partial charge in [-0.25, -0.2) is 0 Å². The highest BCUT2D eigenvalue weighted by Crippen LogP contribution is 2.17. The van der Waals surface area contributed by atoms with E-state index in [9.17, 15) is 10.1 Å². The van der Waals surface area contributed by atoms with Crippen LogP contribution in [0, 0.1) is 10.1 Å². The van der Waals surface area contributed by atoms with Crippen LogP contribution < -0.4 is 9.47 Å². The molecule has 2 aromatic carbocycles. The quantitative estimate of drug-likeness (QED) is 0.0424. The lowest BCUT2D eigenvalue weighted by Gasteiger charge is -2.09. The Kier molecular flexibility index (Phi) is 29.5. The Bertz CT molecular complexity index is 1070. The van der Waals surface area contributed by atoms with Crippen LogP contribution in [0.5, 0.6) is 11.5 Å². The maximum atomic E-state index is 10.7. The molecule has 0 unspecified atom stereocenters. The van der Waals surface area contributed by atoms with Crippen LogP contribution in [0.25, 0.3) is 0 Å². The first-order valence-corrected chi connectivity index (χ1v) is 18.9. The van der Waals surface area contributed by atoms with E-state index in [1.807, 2.05) is 12.1 Å². The van der Waals surface area contributed by atoms with Crippen LogP contribution in [0.15, 0.2) is 48.5 Å². The van der Waals surface area contributed by atoms with Crippen molar-refractivity contribution in [1.82, 2.24) is 0 Å². The number of nitro benzene ring substituents is 1. The zero-order valence-electron chi connectivity index (χ0n) is 31.3. The molecule has 13 nitrogen and oxygen atoms in total. The van der Waals surface area contributed by atoms with E-state index in [2.05, 4.69) is 19.1 Å². The lowest BCUT2D eigenvalue weighted by Crippen LogP contribution is -2.15. The van der Waals surface area contributed by atoms with E-state index < -0.39 is 4.92 Å². The molecule has 2 aromatic rings. The van der Waals surface area contributed by atoms with Crippen molar-refractivity contribution in [3.05, 3.63) is 64.2 Å². The first-order chi connectivity index (χ1) is 25.7. The summed E-state index contributed by atoms with van der Waals surface area (Å²) in [5.74, 6) is 1.44. The van der Waals surface area contributed by atoms with E-state index in [0.29, 0.717) is 125 Å². The molecule has 0 heterocycles. The molecule has 0 saturated heterocycles. The molecule has 0 aliphatic carbocycles. The third kappa shape index (κ3) is 26.8. The zero-order valence-corrected chi connectivity index (χ0v) is 31.3. The number of hydrogen-bond acceptors (Lipinski definition) is 12. The van der Waals surface area contributed by atoms with Gasteiger partial charge in [-0.05, 0) is 42.7 Å². The second kappa shape index (κ2) is 33.9. The van der Waals surface area contributed by atoms with Gasteiger partial charge in [-0.2, -0.15) is 0 Å². The fraction of sp³-hybridized carbons (Fsp3) is 0.692. The van der Waals surface area contributed by atoms with Gasteiger partial charge in [-0.1, -0.05) is 57.6 Å². The Morgan fingerprint density at radius 3 is 1.08 bits per heavy atom. The van der Waals surface area contributed by atoms with Gasteiger partial charge >= 0.3 is 0 Å². The molecule has 0 radical (unpaired) electrons. The van der Waals surface area contributed by atoms with Crippen molar-refractivity contribution >= 4 is 5.69 Å². The molecule has 0 amide bonds. The van der Waals surface area contributed by atoms with Crippen LogP contribution in [0.3, 0.4) is 0 Å². The number of nitrogens with zero attached hydrogens (tertiary/aromatic N) is 1. The maximum Gasteiger partial charge on any atom is 0.269 e. The summed E-state index contributed by atoms with van der Waals surface area (Å²) >= 11 is 0. The van der Waals surface area contributed by atoms with Crippen molar-refractivity contribution in [1.29, 1.82) is 0 Å². The van der Waals surface area contributed by atoms with Crippen LogP contribution in [-0.4, -0.2) is 124 Å². The largest absolute Gasteiger partial charge is 0.491 e. The summed E-state index contributed by atoms with van der Waals surface area (Å²) in [5, 5.41) is 10.7. The maximum absolute atomic E-state index is 10.7. The molecule has 0 fully saturated rings. The van der Waals surface area contributed by atoms with E-state index in [4.69, 9.17) is 47.4 Å². The summed E-state index contributed by atoms with van der Waals surface area (Å²) in [6.45, 7) is 10.9. The molecule has 13 heteroatoms. The van der Waals surface area contributed by atoms with Crippen LogP contribution in [0.2, 0.25) is 0 Å². The van der Waals surface area contributed by atoms with Gasteiger partial charge in [0.1, 0.15) is 24.7 Å². The molecule has 0 atom stereocenters. The average molecular weight is 738 g/mol. The Balaban J connectivity index is 1.20. The lowest BCUT2D eigenvalue weighted by molar-refractivity contribution is -0.384. The number of aryl methyl sites for hydroxylation is 1. The number of unbranched alkanes of at least 4 members (excludes halogenated alkanes) is 6. The summed E-state index contributed by atoms with van der Waals surface area (Å²) < 4.78 is 55.3. The lowest BCUT2D eigenvalue weighted by atomic mass is 10.0. The molecule has 0 N–H and O–H groups in total. The average Bonchev–Trinajstić information content (AvgIpc) is 3.16. The van der Waals surface area contributed by atoms with E-state index in [0.717, 1.165) is 12.2 Å². The van der Waals surface area contributed by atoms with Crippen LogP contribution in [-0.2, 0) is 44.3 Å². The second-order valence-electron chi connectivity index (χ2n) is 11.9. The fourth-order valence-corrected chi connectivity index (χ4v) is 4.78. The molecule has 0 bridgehead atoms. The van der Waals surface area contributed by atoms with Gasteiger partial charge in [0.25, 0.3) is 5.69 Å². The molecule has 0 spiro atoms. The van der Waals surface area contributed by atoms with Gasteiger partial charge in [-0.15, -0.1) is 0 Å². The monoisotopic (exact) mass is 737 g/mol. The highest BCUT2D eigenvalue weighted by Gasteiger charge is 2.04. The van der Waals surface area contributed by atoms with E-state index >= 15 is 0 Å². The van der Waals surface area contributed by atoms with Gasteiger partial charge < -0.3 is 47.4 Å². The summed E-state index contributed by atoms with van der Waals surface area (Å²) in [5.41, 5.74) is 1.40. The normalized spacial score (nSPS) is 11.2. The topological polar surface area (TPSA) is 135 Å². The number of non-ortho nitro benzene ring substituents is 1. The third-order valence-electron chi connectivity index (χ3n) is 7.64. The van der Waals surface area contributed by atoms with Crippen LogP contribution >= 0.6 is 0 Å². The first-order valence-electron chi connectivity index (χ1n) is 18.9. The van der Waals surface area contributed by atoms with Crippen molar-refractivity contribution in [3.8, 4) is 11.5 Å². The summed E-state index contributed by atoms with van der Waals surface area (Å²) in [4.78, 5) is 10.2. The van der Waals surface area contributed by atoms with E-state index in [-0.39, 0.29) is 5.69 Å². The molecule has 2 rings (SSSR count). The van der Waals surface area contributed by atoms with Gasteiger partial charge in [0.05, 0.1) is 111 Å². The minimum Gasteiger partial charge on any atom is -0.491 e. The summed E-state index contributed by atoms with van der Waals surface area (Å²) in [6.07, 6.45) is 10.5. The number of rotatable bonds is 38. The predicted molar refractivity (Wildman–Crippen MR) is 199 cm³/mol. The smallest absolute Gasteiger partial charge is 0.269 e. The summed E-state index contributed by atoms with van der Waals surface area (Å²) in [7, 11) is 0. The molecule has 0 saturated carbocycles. The Morgan fingerprint density at radius 1 is 0.423 bits per heavy atom. The number of benzene rings is 2. The predicted octanol–water partition coefficient (Wildman–Crippen LogP) is 6.48. The minimum absolute atomic E-state index is 0.0277. The molecule has 0 aliphatic rings. The van der Waals surface area contributed by atoms with Gasteiger partial charge in [0.2, 0.25) is 0 Å². The highest BCUT2D eigenvalue weighted by atomic mass is 16.6. The SMILES string of the molecule is CCCCCCCCCc1ccc(OCCOCCOCCOCCOCCOCCOCCOCCOCCOc2ccc([N+](=O)[O-])cc2)cc1. The van der Waals surface area contributed by atoms with E-state index in [1.54, 1.807) is 12.1 Å². The van der Waals surface area contributed by atoms with Crippen molar-refractivity contribution in [3.63, 3.8) is 0 Å². The number of hydrogen-bond donors (Lipinski definition) is 0. The van der Waals surface area contributed by atoms with Crippen LogP contribution in [0.1, 0.15) is 57.4 Å². The van der Waals surface area contributed by atoms with Gasteiger partial charge in [-0.3, -0.25) is 10.1 Å². The van der Waals surface area contributed by atoms with Crippen molar-refractivity contribution in [2.24, 2.45) is 0 Å². The van der Waals surface area contributed by atoms with E-state index in [1.165, 1.54) is 62.6 Å². The van der Waals surface area contributed by atoms with Crippen molar-refractivity contribution in [2.45, 2.75) is 58.3 Å². The number of nitro groups is 1. The molecular formula is C39H63NO12. The van der Waals surface area contributed by atoms with Gasteiger partial charge in [0.15, 0.2) is 0 Å². The second-order valence-corrected chi connectivity index (χ2v) is 11.9. The highest BCUT2D eigenvalue weighted by molar-refractivity contribution is 5.35. The van der Waals surface area contributed by atoms with Gasteiger partial charge in [0, 0.05) is 12.1 Å². The van der Waals surface area contributed by atoms with Crippen LogP contribution in [0.4, 0.5) is 5.69 Å². The molecule has 0 aromatic heterocycles. The minimum atomic E-state index is -0.449. The Labute approximate surface area is 310 Å². The van der Waals surface area contributed by atoms with Crippen molar-refractivity contribution in [2.75, 3.05) is 119 Å². The Hall–Kier alpha value is -2.88. The summed E-state index contributed by atoms with van der Waals surface area (Å²) in [6, 6.07) is 14.4. The third-order valence-corrected chi connectivity index (χ3v) is 7.64. The molecule has 296 valence electrons. The van der Waals surface area contributed by atoms with Crippen molar-refractivity contribution < 1.29 is 52.3 Å². The number of ether oxygens (including phenoxy) is 10. The molecule has 0 aliphatic heterocycles. The molecule has 52 heavy (non-hydrogen) atoms.